The fourth-order valence-corrected chi connectivity index (χ4v) is 5.36. The standard InChI is InChI=1S/C25H23NO/c1-25-20-14-8-9-15-22(20)26-24(25)19(23(27)18-12-6-3-7-13-18)16-21(25)17-10-4-2-5-11-17/h2-15,19,21,24,26H,16H2,1H3/t19-,21+,24+,25-/m1/s1. The van der Waals surface area contributed by atoms with Gasteiger partial charge in [0.2, 0.25) is 0 Å². The quantitative estimate of drug-likeness (QED) is 0.637. The molecule has 1 aliphatic heterocycles. The van der Waals surface area contributed by atoms with Gasteiger partial charge in [-0.25, -0.2) is 0 Å². The Morgan fingerprint density at radius 2 is 1.52 bits per heavy atom. The van der Waals surface area contributed by atoms with Crippen molar-refractivity contribution in [1.29, 1.82) is 0 Å². The Morgan fingerprint density at radius 1 is 0.889 bits per heavy atom. The average Bonchev–Trinajstić information content (AvgIpc) is 3.18. The third-order valence-corrected chi connectivity index (χ3v) is 6.68. The number of benzene rings is 3. The molecule has 0 spiro atoms. The number of hydrogen-bond acceptors (Lipinski definition) is 2. The molecule has 0 amide bonds. The molecular formula is C25H23NO. The van der Waals surface area contributed by atoms with E-state index in [1.807, 2.05) is 30.3 Å². The minimum Gasteiger partial charge on any atom is -0.380 e. The number of rotatable bonds is 3. The van der Waals surface area contributed by atoms with Crippen molar-refractivity contribution in [2.45, 2.75) is 30.7 Å². The summed E-state index contributed by atoms with van der Waals surface area (Å²) < 4.78 is 0. The Hall–Kier alpha value is -2.87. The van der Waals surface area contributed by atoms with E-state index in [0.717, 1.165) is 12.0 Å². The predicted octanol–water partition coefficient (Wildman–Crippen LogP) is 5.43. The second kappa shape index (κ2) is 6.09. The molecule has 1 aliphatic carbocycles. The Morgan fingerprint density at radius 3 is 2.26 bits per heavy atom. The summed E-state index contributed by atoms with van der Waals surface area (Å²) in [5, 5.41) is 3.72. The lowest BCUT2D eigenvalue weighted by molar-refractivity contribution is 0.0912. The van der Waals surface area contributed by atoms with Crippen LogP contribution in [-0.4, -0.2) is 11.8 Å². The van der Waals surface area contributed by atoms with E-state index in [9.17, 15) is 4.79 Å². The maximum atomic E-state index is 13.4. The van der Waals surface area contributed by atoms with Gasteiger partial charge in [-0.1, -0.05) is 85.8 Å². The minimum absolute atomic E-state index is 0.0324. The molecule has 0 saturated heterocycles. The van der Waals surface area contributed by atoms with Crippen LogP contribution in [0.4, 0.5) is 5.69 Å². The molecule has 0 bridgehead atoms. The smallest absolute Gasteiger partial charge is 0.168 e. The van der Waals surface area contributed by atoms with Crippen LogP contribution in [0.5, 0.6) is 0 Å². The van der Waals surface area contributed by atoms with Gasteiger partial charge >= 0.3 is 0 Å². The summed E-state index contributed by atoms with van der Waals surface area (Å²) in [6.07, 6.45) is 0.875. The van der Waals surface area contributed by atoms with Crippen LogP contribution in [0.1, 0.15) is 40.7 Å². The molecular weight excluding hydrogens is 330 g/mol. The zero-order valence-corrected chi connectivity index (χ0v) is 15.4. The van der Waals surface area contributed by atoms with Crippen LogP contribution in [-0.2, 0) is 5.41 Å². The predicted molar refractivity (Wildman–Crippen MR) is 109 cm³/mol. The third-order valence-electron chi connectivity index (χ3n) is 6.68. The van der Waals surface area contributed by atoms with Crippen LogP contribution >= 0.6 is 0 Å². The van der Waals surface area contributed by atoms with E-state index in [2.05, 4.69) is 66.8 Å². The maximum Gasteiger partial charge on any atom is 0.168 e. The minimum atomic E-state index is -0.0902. The Kier molecular flexibility index (Phi) is 3.68. The van der Waals surface area contributed by atoms with Gasteiger partial charge in [-0.2, -0.15) is 0 Å². The summed E-state index contributed by atoms with van der Waals surface area (Å²) in [5.41, 5.74) is 4.57. The molecule has 1 N–H and O–H groups in total. The fraction of sp³-hybridized carbons (Fsp3) is 0.240. The molecule has 3 aromatic rings. The zero-order chi connectivity index (χ0) is 18.4. The van der Waals surface area contributed by atoms with E-state index < -0.39 is 0 Å². The number of para-hydroxylation sites is 1. The molecule has 2 heteroatoms. The van der Waals surface area contributed by atoms with Gasteiger partial charge in [0, 0.05) is 28.6 Å². The number of anilines is 1. The van der Waals surface area contributed by atoms with E-state index in [0.29, 0.717) is 5.92 Å². The van der Waals surface area contributed by atoms with Crippen molar-refractivity contribution in [1.82, 2.24) is 0 Å². The lowest BCUT2D eigenvalue weighted by Gasteiger charge is -2.33. The Bertz CT molecular complexity index is 981. The van der Waals surface area contributed by atoms with Crippen molar-refractivity contribution in [3.8, 4) is 0 Å². The maximum absolute atomic E-state index is 13.4. The highest BCUT2D eigenvalue weighted by atomic mass is 16.1. The monoisotopic (exact) mass is 353 g/mol. The second-order valence-electron chi connectivity index (χ2n) is 7.99. The van der Waals surface area contributed by atoms with E-state index in [4.69, 9.17) is 0 Å². The molecule has 1 fully saturated rings. The summed E-state index contributed by atoms with van der Waals surface area (Å²) in [5.74, 6) is 0.540. The number of nitrogens with one attached hydrogen (secondary N) is 1. The van der Waals surface area contributed by atoms with E-state index >= 15 is 0 Å². The van der Waals surface area contributed by atoms with E-state index in [1.54, 1.807) is 0 Å². The lowest BCUT2D eigenvalue weighted by atomic mass is 9.70. The van der Waals surface area contributed by atoms with Gasteiger partial charge in [-0.15, -0.1) is 0 Å². The fourth-order valence-electron chi connectivity index (χ4n) is 5.36. The highest BCUT2D eigenvalue weighted by Gasteiger charge is 2.59. The number of fused-ring (bicyclic) bond motifs is 3. The summed E-state index contributed by atoms with van der Waals surface area (Å²) in [6.45, 7) is 2.34. The molecule has 1 heterocycles. The van der Waals surface area contributed by atoms with Crippen molar-refractivity contribution in [2.75, 3.05) is 5.32 Å². The molecule has 2 aliphatic rings. The largest absolute Gasteiger partial charge is 0.380 e. The van der Waals surface area contributed by atoms with Crippen molar-refractivity contribution in [3.05, 3.63) is 102 Å². The van der Waals surface area contributed by atoms with Gasteiger partial charge in [0.05, 0.1) is 0 Å². The first-order valence-electron chi connectivity index (χ1n) is 9.70. The summed E-state index contributed by atoms with van der Waals surface area (Å²) in [7, 11) is 0. The van der Waals surface area contributed by atoms with Gasteiger partial charge in [0.15, 0.2) is 5.78 Å². The first-order chi connectivity index (χ1) is 13.2. The Labute approximate surface area is 160 Å². The first-order valence-corrected chi connectivity index (χ1v) is 9.70. The number of Topliss-reactive ketones (excluding diaryl/α,β-unsaturated/α-hetero) is 1. The van der Waals surface area contributed by atoms with Crippen LogP contribution < -0.4 is 5.32 Å². The number of carbonyl (C=O) groups is 1. The SMILES string of the molecule is C[C@]12c3ccccc3N[C@H]1[C@@H](C(=O)c1ccccc1)C[C@H]2c1ccccc1. The van der Waals surface area contributed by atoms with Gasteiger partial charge in [0.25, 0.3) is 0 Å². The van der Waals surface area contributed by atoms with E-state index in [-0.39, 0.29) is 23.2 Å². The lowest BCUT2D eigenvalue weighted by Crippen LogP contribution is -2.39. The molecule has 134 valence electrons. The van der Waals surface area contributed by atoms with Gasteiger partial charge in [-0.05, 0) is 29.5 Å². The van der Waals surface area contributed by atoms with Crippen LogP contribution in [0.25, 0.3) is 0 Å². The van der Waals surface area contributed by atoms with Gasteiger partial charge in [-0.3, -0.25) is 4.79 Å². The van der Waals surface area contributed by atoms with Gasteiger partial charge < -0.3 is 5.32 Å². The normalized spacial score (nSPS) is 28.3. The zero-order valence-electron chi connectivity index (χ0n) is 15.4. The second-order valence-corrected chi connectivity index (χ2v) is 7.99. The number of carbonyl (C=O) groups excluding carboxylic acids is 1. The molecule has 5 rings (SSSR count). The summed E-state index contributed by atoms with van der Waals surface area (Å²) in [4.78, 5) is 13.4. The first kappa shape index (κ1) is 16.3. The van der Waals surface area contributed by atoms with Crippen molar-refractivity contribution < 1.29 is 4.79 Å². The molecule has 0 radical (unpaired) electrons. The average molecular weight is 353 g/mol. The van der Waals surface area contributed by atoms with Gasteiger partial charge in [0.1, 0.15) is 0 Å². The van der Waals surface area contributed by atoms with Crippen LogP contribution in [0, 0.1) is 5.92 Å². The third kappa shape index (κ3) is 2.36. The van der Waals surface area contributed by atoms with E-state index in [1.165, 1.54) is 16.8 Å². The molecule has 3 aromatic carbocycles. The molecule has 4 atom stereocenters. The molecule has 0 unspecified atom stereocenters. The van der Waals surface area contributed by atoms with Crippen LogP contribution in [0.15, 0.2) is 84.9 Å². The summed E-state index contributed by atoms with van der Waals surface area (Å²) >= 11 is 0. The molecule has 2 nitrogen and oxygen atoms in total. The molecule has 0 aromatic heterocycles. The highest BCUT2D eigenvalue weighted by molar-refractivity contribution is 5.99. The topological polar surface area (TPSA) is 29.1 Å². The highest BCUT2D eigenvalue weighted by Crippen LogP contribution is 2.59. The van der Waals surface area contributed by atoms with Crippen molar-refractivity contribution in [2.24, 2.45) is 5.92 Å². The Balaban J connectivity index is 1.62. The number of hydrogen-bond donors (Lipinski definition) is 1. The van der Waals surface area contributed by atoms with Crippen LogP contribution in [0.2, 0.25) is 0 Å². The molecule has 1 saturated carbocycles. The van der Waals surface area contributed by atoms with Crippen molar-refractivity contribution in [3.63, 3.8) is 0 Å². The number of ketones is 1. The molecule has 27 heavy (non-hydrogen) atoms. The summed E-state index contributed by atoms with van der Waals surface area (Å²) in [6, 6.07) is 29.1. The van der Waals surface area contributed by atoms with Crippen LogP contribution in [0.3, 0.4) is 0 Å². The van der Waals surface area contributed by atoms with Crippen molar-refractivity contribution >= 4 is 11.5 Å².